The normalized spacial score (nSPS) is 22.5. The molecule has 0 N–H and O–H groups in total. The lowest BCUT2D eigenvalue weighted by Crippen LogP contribution is -2.56. The van der Waals surface area contributed by atoms with E-state index >= 15 is 0 Å². The molecule has 3 aromatic rings. The molecule has 4 amide bonds. The van der Waals surface area contributed by atoms with Gasteiger partial charge in [-0.15, -0.1) is 0 Å². The van der Waals surface area contributed by atoms with Crippen LogP contribution in [0.5, 0.6) is 0 Å². The molecule has 8 heteroatoms. The number of piperidine rings is 2. The Hall–Kier alpha value is -3.65. The molecule has 4 fully saturated rings. The molecule has 0 aliphatic carbocycles. The predicted octanol–water partition coefficient (Wildman–Crippen LogP) is 4.67. The first kappa shape index (κ1) is 28.1. The Morgan fingerprint density at radius 3 is 1.81 bits per heavy atom. The van der Waals surface area contributed by atoms with Gasteiger partial charge in [-0.05, 0) is 72.7 Å². The number of amides is 4. The highest BCUT2D eigenvalue weighted by atomic mass is 16.2. The first-order chi connectivity index (χ1) is 21.1. The van der Waals surface area contributed by atoms with Gasteiger partial charge in [0.05, 0.1) is 11.5 Å². The highest BCUT2D eigenvalue weighted by Gasteiger charge is 2.36. The molecule has 8 nitrogen and oxygen atoms in total. The van der Waals surface area contributed by atoms with E-state index < -0.39 is 0 Å². The molecule has 226 valence electrons. The monoisotopic (exact) mass is 581 g/mol. The Balaban J connectivity index is 0.957. The second-order valence-electron chi connectivity index (χ2n) is 12.8. The fourth-order valence-corrected chi connectivity index (χ4v) is 7.86. The van der Waals surface area contributed by atoms with Gasteiger partial charge in [0.25, 0.3) is 5.91 Å². The molecular weight excluding hydrogens is 538 g/mol. The zero-order chi connectivity index (χ0) is 29.3. The van der Waals surface area contributed by atoms with Gasteiger partial charge in [0.2, 0.25) is 5.91 Å². The first-order valence-corrected chi connectivity index (χ1v) is 16.3. The number of urea groups is 1. The van der Waals surface area contributed by atoms with Crippen LogP contribution in [0.15, 0.2) is 54.6 Å². The van der Waals surface area contributed by atoms with Crippen LogP contribution in [0.1, 0.15) is 48.9 Å². The molecule has 0 aromatic heterocycles. The van der Waals surface area contributed by atoms with E-state index in [0.717, 1.165) is 105 Å². The molecule has 4 saturated heterocycles. The molecule has 7 rings (SSSR count). The third-order valence-electron chi connectivity index (χ3n) is 10.3. The van der Waals surface area contributed by atoms with Crippen molar-refractivity contribution in [2.75, 3.05) is 65.4 Å². The Kier molecular flexibility index (Phi) is 7.95. The third-order valence-corrected chi connectivity index (χ3v) is 10.3. The molecule has 1 atom stereocenters. The SMILES string of the molecule is O=C(c1c2ccccc2cc2ccccc12)N1CCC(N2CCC[C@@H](C(=O)N3CCN(C(=O)N4CCCC4)CC3)C2)CC1. The van der Waals surface area contributed by atoms with Crippen LogP contribution in [0.2, 0.25) is 0 Å². The lowest BCUT2D eigenvalue weighted by atomic mass is 9.92. The van der Waals surface area contributed by atoms with Crippen molar-refractivity contribution in [3.05, 3.63) is 60.2 Å². The van der Waals surface area contributed by atoms with Gasteiger partial charge in [-0.3, -0.25) is 14.5 Å². The molecular formula is C35H43N5O3. The Labute approximate surface area is 254 Å². The second-order valence-corrected chi connectivity index (χ2v) is 12.8. The van der Waals surface area contributed by atoms with E-state index in [1.807, 2.05) is 43.9 Å². The molecule has 43 heavy (non-hydrogen) atoms. The van der Waals surface area contributed by atoms with Gasteiger partial charge in [0, 0.05) is 64.9 Å². The zero-order valence-electron chi connectivity index (χ0n) is 25.1. The highest BCUT2D eigenvalue weighted by molar-refractivity contribution is 6.18. The summed E-state index contributed by atoms with van der Waals surface area (Å²) in [7, 11) is 0. The van der Waals surface area contributed by atoms with Crippen molar-refractivity contribution < 1.29 is 14.4 Å². The van der Waals surface area contributed by atoms with Gasteiger partial charge in [-0.1, -0.05) is 48.5 Å². The van der Waals surface area contributed by atoms with Crippen LogP contribution in [0, 0.1) is 5.92 Å². The summed E-state index contributed by atoms with van der Waals surface area (Å²) in [6, 6.07) is 19.1. The smallest absolute Gasteiger partial charge is 0.320 e. The Morgan fingerprint density at radius 1 is 0.581 bits per heavy atom. The van der Waals surface area contributed by atoms with Crippen LogP contribution in [0.3, 0.4) is 0 Å². The summed E-state index contributed by atoms with van der Waals surface area (Å²) in [5, 5.41) is 4.24. The quantitative estimate of drug-likeness (QED) is 0.422. The molecule has 4 heterocycles. The molecule has 0 saturated carbocycles. The Morgan fingerprint density at radius 2 is 1.16 bits per heavy atom. The number of benzene rings is 3. The number of carbonyl (C=O) groups excluding carboxylic acids is 3. The highest BCUT2D eigenvalue weighted by Crippen LogP contribution is 2.31. The minimum absolute atomic E-state index is 0.0243. The number of fused-ring (bicyclic) bond motifs is 2. The maximum absolute atomic E-state index is 14.0. The number of carbonyl (C=O) groups is 3. The lowest BCUT2D eigenvalue weighted by molar-refractivity contribution is -0.139. The van der Waals surface area contributed by atoms with Crippen LogP contribution in [-0.2, 0) is 4.79 Å². The summed E-state index contributed by atoms with van der Waals surface area (Å²) in [5.41, 5.74) is 0.818. The van der Waals surface area contributed by atoms with Crippen molar-refractivity contribution >= 4 is 39.4 Å². The van der Waals surface area contributed by atoms with E-state index in [4.69, 9.17) is 0 Å². The number of rotatable bonds is 3. The molecule has 0 radical (unpaired) electrons. The molecule has 3 aromatic carbocycles. The standard InChI is InChI=1S/C35H43N5O3/c41-33(37-20-22-39(23-21-37)35(43)38-15-5-6-16-38)28-10-7-17-40(25-28)29-13-18-36(19-14-29)34(42)32-30-11-3-1-8-26(30)24-27-9-2-4-12-31(27)32/h1-4,8-9,11-12,24,28-29H,5-7,10,13-23,25H2/t28-/m1/s1. The average Bonchev–Trinajstić information content (AvgIpc) is 3.62. The van der Waals surface area contributed by atoms with Crippen molar-refractivity contribution in [3.8, 4) is 0 Å². The largest absolute Gasteiger partial charge is 0.339 e. The maximum Gasteiger partial charge on any atom is 0.320 e. The van der Waals surface area contributed by atoms with Crippen molar-refractivity contribution in [3.63, 3.8) is 0 Å². The summed E-state index contributed by atoms with van der Waals surface area (Å²) in [6.45, 7) is 7.58. The average molecular weight is 582 g/mol. The Bertz CT molecular complexity index is 1450. The number of nitrogens with zero attached hydrogens (tertiary/aromatic N) is 5. The fourth-order valence-electron chi connectivity index (χ4n) is 7.86. The summed E-state index contributed by atoms with van der Waals surface area (Å²) < 4.78 is 0. The van der Waals surface area contributed by atoms with Crippen LogP contribution >= 0.6 is 0 Å². The van der Waals surface area contributed by atoms with Crippen molar-refractivity contribution in [2.24, 2.45) is 5.92 Å². The summed E-state index contributed by atoms with van der Waals surface area (Å²) in [6.07, 6.45) is 6.04. The summed E-state index contributed by atoms with van der Waals surface area (Å²) >= 11 is 0. The van der Waals surface area contributed by atoms with E-state index in [9.17, 15) is 14.4 Å². The number of likely N-dealkylation sites (tertiary alicyclic amines) is 3. The van der Waals surface area contributed by atoms with E-state index in [0.29, 0.717) is 32.2 Å². The van der Waals surface area contributed by atoms with Gasteiger partial charge in [0.1, 0.15) is 0 Å². The maximum atomic E-state index is 14.0. The van der Waals surface area contributed by atoms with Gasteiger partial charge in [-0.2, -0.15) is 0 Å². The van der Waals surface area contributed by atoms with Crippen LogP contribution < -0.4 is 0 Å². The minimum Gasteiger partial charge on any atom is -0.339 e. The summed E-state index contributed by atoms with van der Waals surface area (Å²) in [5.74, 6) is 0.408. The van der Waals surface area contributed by atoms with Crippen molar-refractivity contribution in [1.82, 2.24) is 24.5 Å². The van der Waals surface area contributed by atoms with Crippen LogP contribution in [-0.4, -0.2) is 114 Å². The summed E-state index contributed by atoms with van der Waals surface area (Å²) in [4.78, 5) is 50.8. The van der Waals surface area contributed by atoms with E-state index in [-0.39, 0.29) is 23.8 Å². The molecule has 0 spiro atoms. The predicted molar refractivity (Wildman–Crippen MR) is 169 cm³/mol. The third kappa shape index (κ3) is 5.57. The molecule has 0 bridgehead atoms. The van der Waals surface area contributed by atoms with Gasteiger partial charge in [0.15, 0.2) is 0 Å². The lowest BCUT2D eigenvalue weighted by Gasteiger charge is -2.43. The number of hydrogen-bond acceptors (Lipinski definition) is 4. The molecule has 0 unspecified atom stereocenters. The fraction of sp³-hybridized carbons (Fsp3) is 0.514. The van der Waals surface area contributed by atoms with E-state index in [1.54, 1.807) is 0 Å². The van der Waals surface area contributed by atoms with Crippen molar-refractivity contribution in [1.29, 1.82) is 0 Å². The number of hydrogen-bond donors (Lipinski definition) is 0. The molecule has 4 aliphatic rings. The first-order valence-electron chi connectivity index (χ1n) is 16.3. The van der Waals surface area contributed by atoms with Gasteiger partial charge in [-0.25, -0.2) is 4.79 Å². The van der Waals surface area contributed by atoms with Crippen molar-refractivity contribution in [2.45, 2.75) is 44.6 Å². The minimum atomic E-state index is 0.0243. The van der Waals surface area contributed by atoms with Crippen LogP contribution in [0.4, 0.5) is 4.79 Å². The molecule has 4 aliphatic heterocycles. The number of piperazine rings is 1. The van der Waals surface area contributed by atoms with Gasteiger partial charge < -0.3 is 19.6 Å². The topological polar surface area (TPSA) is 67.4 Å². The second kappa shape index (κ2) is 12.2. The van der Waals surface area contributed by atoms with E-state index in [1.165, 1.54) is 0 Å². The zero-order valence-corrected chi connectivity index (χ0v) is 25.1. The van der Waals surface area contributed by atoms with E-state index in [2.05, 4.69) is 35.2 Å². The van der Waals surface area contributed by atoms with Crippen LogP contribution in [0.25, 0.3) is 21.5 Å². The van der Waals surface area contributed by atoms with Gasteiger partial charge >= 0.3 is 6.03 Å².